The van der Waals surface area contributed by atoms with Gasteiger partial charge in [-0.25, -0.2) is 0 Å². The zero-order chi connectivity index (χ0) is 66.3. The lowest BCUT2D eigenvalue weighted by Gasteiger charge is -2.34. The van der Waals surface area contributed by atoms with E-state index in [1.165, 1.54) is 220 Å². The summed E-state index contributed by atoms with van der Waals surface area (Å²) in [7, 11) is 0. The first-order valence-electron chi connectivity index (χ1n) is 34.7. The Morgan fingerprint density at radius 3 is 1.02 bits per heavy atom. The highest BCUT2D eigenvalue weighted by Crippen LogP contribution is 2.57. The maximum absolute atomic E-state index is 6.07. The smallest absolute Gasteiger partial charge is 0.122 e. The molecular formula is C94H84OS. The number of thiophene rings is 1. The Balaban J connectivity index is 0.000000106. The Morgan fingerprint density at radius 1 is 0.281 bits per heavy atom. The van der Waals surface area contributed by atoms with Crippen LogP contribution in [0.3, 0.4) is 0 Å². The number of unbranched alkanes of at least 4 members (excludes halogenated alkanes) is 3. The van der Waals surface area contributed by atoms with E-state index in [-0.39, 0.29) is 5.41 Å². The Bertz CT molecular complexity index is 5320. The standard InChI is InChI=1S/C29H26.2C22H16.C21H26OS/c1-19-5-11-23(12-6-19)29(24-13-7-20(2)8-14-24)27-17-21(3)9-15-25(27)26-16-10-22(4)18-28(26)29;1-13-9-11-19-18-8-4-6-16-14(2)10-12-20(22(16)18)17-7-3-5-15(13)21(17)19;1-13-9-11-19-20-12-10-14(2)16-6-4-8-18(22(16)20)17-7-3-5-15(13)21(17)19;1-5-6-7-8-9-22-19-13-18-17-10-14(2)15(3)11-20(17)23-21(18)12-16(19)4/h5-18H,1-4H3;2*3-12H,1-2H3;10-13H,5-9H2,1-4H3. The van der Waals surface area contributed by atoms with E-state index in [1.807, 2.05) is 11.3 Å². The molecule has 0 spiro atoms. The predicted octanol–water partition coefficient (Wildman–Crippen LogP) is 26.9. The summed E-state index contributed by atoms with van der Waals surface area (Å²) >= 11 is 1.89. The molecule has 0 aliphatic heterocycles. The third-order valence-corrected chi connectivity index (χ3v) is 22.4. The van der Waals surface area contributed by atoms with Gasteiger partial charge in [-0.1, -0.05) is 255 Å². The molecule has 0 N–H and O–H groups in total. The monoisotopic (exact) mass is 1260 g/mol. The second kappa shape index (κ2) is 25.0. The highest BCUT2D eigenvalue weighted by molar-refractivity contribution is 7.25. The van der Waals surface area contributed by atoms with Gasteiger partial charge < -0.3 is 4.74 Å². The molecule has 1 heterocycles. The number of hydrogen-bond acceptors (Lipinski definition) is 2. The molecule has 1 aliphatic carbocycles. The van der Waals surface area contributed by atoms with Gasteiger partial charge in [0.2, 0.25) is 0 Å². The van der Waals surface area contributed by atoms with Crippen LogP contribution in [0.2, 0.25) is 0 Å². The van der Waals surface area contributed by atoms with Gasteiger partial charge in [-0.05, 0) is 265 Å². The quantitative estimate of drug-likeness (QED) is 0.0837. The van der Waals surface area contributed by atoms with Crippen LogP contribution in [-0.4, -0.2) is 6.61 Å². The molecule has 472 valence electrons. The van der Waals surface area contributed by atoms with Crippen LogP contribution < -0.4 is 4.74 Å². The van der Waals surface area contributed by atoms with Gasteiger partial charge in [0.05, 0.1) is 12.0 Å². The van der Waals surface area contributed by atoms with Gasteiger partial charge in [-0.15, -0.1) is 11.3 Å². The fourth-order valence-corrected chi connectivity index (χ4v) is 17.2. The number of rotatable bonds is 8. The number of benzene rings is 16. The van der Waals surface area contributed by atoms with Crippen molar-refractivity contribution in [2.45, 2.75) is 114 Å². The minimum Gasteiger partial charge on any atom is -0.493 e. The molecule has 16 aromatic carbocycles. The lowest BCUT2D eigenvalue weighted by molar-refractivity contribution is 0.303. The zero-order valence-corrected chi connectivity index (χ0v) is 58.6. The van der Waals surface area contributed by atoms with Crippen molar-refractivity contribution in [3.05, 3.63) is 314 Å². The lowest BCUT2D eigenvalue weighted by Crippen LogP contribution is -2.28. The fraction of sp³-hybridized carbons (Fsp3) is 0.191. The van der Waals surface area contributed by atoms with Gasteiger partial charge in [-0.3, -0.25) is 0 Å². The topological polar surface area (TPSA) is 9.23 Å². The average molecular weight is 1260 g/mol. The van der Waals surface area contributed by atoms with Crippen LogP contribution in [0.1, 0.15) is 116 Å². The average Bonchev–Trinajstić information content (AvgIpc) is 1.37. The molecule has 96 heavy (non-hydrogen) atoms. The predicted molar refractivity (Wildman–Crippen MR) is 420 cm³/mol. The normalized spacial score (nSPS) is 12.5. The van der Waals surface area contributed by atoms with Crippen molar-refractivity contribution in [3.8, 4) is 16.9 Å². The number of aryl methyl sites for hydroxylation is 11. The molecule has 17 aromatic rings. The van der Waals surface area contributed by atoms with E-state index in [0.29, 0.717) is 0 Å². The first-order valence-corrected chi connectivity index (χ1v) is 35.5. The largest absolute Gasteiger partial charge is 0.493 e. The van der Waals surface area contributed by atoms with E-state index in [9.17, 15) is 0 Å². The van der Waals surface area contributed by atoms with E-state index in [2.05, 4.69) is 314 Å². The molecule has 0 bridgehead atoms. The van der Waals surface area contributed by atoms with Crippen molar-refractivity contribution >= 4 is 118 Å². The highest BCUT2D eigenvalue weighted by atomic mass is 32.1. The van der Waals surface area contributed by atoms with Crippen LogP contribution in [0.4, 0.5) is 0 Å². The van der Waals surface area contributed by atoms with Crippen LogP contribution in [0, 0.1) is 76.2 Å². The Labute approximate surface area is 570 Å². The van der Waals surface area contributed by atoms with Crippen molar-refractivity contribution in [3.63, 3.8) is 0 Å². The molecule has 1 nitrogen and oxygen atoms in total. The first-order chi connectivity index (χ1) is 46.6. The van der Waals surface area contributed by atoms with E-state index in [0.717, 1.165) is 18.8 Å². The second-order valence-corrected chi connectivity index (χ2v) is 28.9. The van der Waals surface area contributed by atoms with Crippen LogP contribution in [-0.2, 0) is 5.41 Å². The summed E-state index contributed by atoms with van der Waals surface area (Å²) < 4.78 is 8.81. The maximum atomic E-state index is 6.07. The molecular weight excluding hydrogens is 1180 g/mol. The zero-order valence-electron chi connectivity index (χ0n) is 57.8. The van der Waals surface area contributed by atoms with Crippen molar-refractivity contribution in [1.29, 1.82) is 0 Å². The van der Waals surface area contributed by atoms with Gasteiger partial charge >= 0.3 is 0 Å². The van der Waals surface area contributed by atoms with Gasteiger partial charge in [0, 0.05) is 20.2 Å². The molecule has 0 amide bonds. The van der Waals surface area contributed by atoms with Crippen molar-refractivity contribution < 1.29 is 4.74 Å². The Kier molecular flexibility index (Phi) is 16.2. The third kappa shape index (κ3) is 10.5. The SMILES string of the molecule is CCCCCCOc1cc2c(cc1C)sc1cc(C)c(C)cc12.Cc1ccc(C2(c3ccc(C)cc3)c3cc(C)ccc3-c3ccc(C)cc32)cc1.Cc1ccc2c3ccc(C)c4cccc(c5cccc1c52)c43.Cc1ccc2c3cccc4c(C)ccc(c5cccc1c52)c43. The fourth-order valence-electron chi connectivity index (χ4n) is 16.0. The van der Waals surface area contributed by atoms with Gasteiger partial charge in [0.1, 0.15) is 5.75 Å². The Morgan fingerprint density at radius 2 is 0.625 bits per heavy atom. The summed E-state index contributed by atoms with van der Waals surface area (Å²) in [5.41, 5.74) is 22.4. The molecule has 0 fully saturated rings. The summed E-state index contributed by atoms with van der Waals surface area (Å²) in [4.78, 5) is 0. The summed E-state index contributed by atoms with van der Waals surface area (Å²) in [6, 6.07) is 86.3. The molecule has 0 atom stereocenters. The minimum absolute atomic E-state index is 0.288. The van der Waals surface area contributed by atoms with Gasteiger partial charge in [-0.2, -0.15) is 0 Å². The van der Waals surface area contributed by atoms with E-state index >= 15 is 0 Å². The minimum atomic E-state index is -0.288. The molecule has 1 aromatic heterocycles. The molecule has 1 aliphatic rings. The summed E-state index contributed by atoms with van der Waals surface area (Å²) in [6.07, 6.45) is 4.98. The van der Waals surface area contributed by atoms with E-state index in [4.69, 9.17) is 4.74 Å². The molecule has 18 rings (SSSR count). The number of hydrogen-bond donors (Lipinski definition) is 0. The lowest BCUT2D eigenvalue weighted by atomic mass is 9.67. The van der Waals surface area contributed by atoms with Crippen LogP contribution in [0.5, 0.6) is 5.75 Å². The molecule has 0 unspecified atom stereocenters. The second-order valence-electron chi connectivity index (χ2n) is 27.8. The summed E-state index contributed by atoms with van der Waals surface area (Å²) in [6.45, 7) is 27.1. The summed E-state index contributed by atoms with van der Waals surface area (Å²) in [5.74, 6) is 1.05. The molecule has 0 saturated heterocycles. The van der Waals surface area contributed by atoms with Gasteiger partial charge in [0.25, 0.3) is 0 Å². The van der Waals surface area contributed by atoms with Crippen LogP contribution in [0.15, 0.2) is 231 Å². The number of ether oxygens (including phenoxy) is 1. The van der Waals surface area contributed by atoms with Gasteiger partial charge in [0.15, 0.2) is 0 Å². The van der Waals surface area contributed by atoms with E-state index in [1.54, 1.807) is 0 Å². The van der Waals surface area contributed by atoms with Crippen molar-refractivity contribution in [1.82, 2.24) is 0 Å². The summed E-state index contributed by atoms with van der Waals surface area (Å²) in [5, 5.41) is 24.8. The third-order valence-electron chi connectivity index (χ3n) is 21.3. The van der Waals surface area contributed by atoms with E-state index < -0.39 is 0 Å². The maximum Gasteiger partial charge on any atom is 0.122 e. The highest BCUT2D eigenvalue weighted by Gasteiger charge is 2.46. The molecule has 2 heteroatoms. The molecule has 0 saturated carbocycles. The van der Waals surface area contributed by atoms with Crippen molar-refractivity contribution in [2.24, 2.45) is 0 Å². The molecule has 0 radical (unpaired) electrons. The first kappa shape index (κ1) is 62.3. The van der Waals surface area contributed by atoms with Crippen LogP contribution >= 0.6 is 11.3 Å². The van der Waals surface area contributed by atoms with Crippen molar-refractivity contribution in [2.75, 3.05) is 6.61 Å². The number of fused-ring (bicyclic) bond motifs is 10. The Hall–Kier alpha value is -9.86. The van der Waals surface area contributed by atoms with Crippen LogP contribution in [0.25, 0.3) is 117 Å².